The van der Waals surface area contributed by atoms with E-state index in [1.54, 1.807) is 12.3 Å². The van der Waals surface area contributed by atoms with Crippen molar-refractivity contribution in [2.75, 3.05) is 31.3 Å². The number of nitrogens with zero attached hydrogens (tertiary/aromatic N) is 2. The minimum Gasteiger partial charge on any atom is -0.381 e. The van der Waals surface area contributed by atoms with E-state index in [1.165, 1.54) is 0 Å². The highest BCUT2D eigenvalue weighted by Gasteiger charge is 2.54. The van der Waals surface area contributed by atoms with Crippen molar-refractivity contribution < 1.29 is 18.3 Å². The summed E-state index contributed by atoms with van der Waals surface area (Å²) in [5, 5.41) is 18.4. The highest BCUT2D eigenvalue weighted by atomic mass is 35.5. The molecule has 0 radical (unpaired) electrons. The van der Waals surface area contributed by atoms with Crippen LogP contribution in [0.15, 0.2) is 41.9 Å². The zero-order chi connectivity index (χ0) is 25.2. The topological polar surface area (TPSA) is 116 Å². The van der Waals surface area contributed by atoms with E-state index in [1.807, 2.05) is 12.1 Å². The number of nitrogens with one attached hydrogen (secondary N) is 3. The Morgan fingerprint density at radius 1 is 1.29 bits per heavy atom. The third kappa shape index (κ3) is 6.48. The minimum atomic E-state index is -3.55. The summed E-state index contributed by atoms with van der Waals surface area (Å²) in [5.41, 5.74) is 1.19. The first-order valence-electron chi connectivity index (χ1n) is 12.1. The van der Waals surface area contributed by atoms with Gasteiger partial charge in [-0.3, -0.25) is 0 Å². The van der Waals surface area contributed by atoms with Crippen LogP contribution < -0.4 is 15.4 Å². The van der Waals surface area contributed by atoms with E-state index in [0.717, 1.165) is 50.3 Å². The first kappa shape index (κ1) is 26.2. The Morgan fingerprint density at radius 3 is 2.57 bits per heavy atom. The van der Waals surface area contributed by atoms with Gasteiger partial charge in [0, 0.05) is 37.7 Å². The van der Waals surface area contributed by atoms with Gasteiger partial charge in [-0.15, -0.1) is 0 Å². The Kier molecular flexibility index (Phi) is 7.97. The van der Waals surface area contributed by atoms with Crippen molar-refractivity contribution in [1.82, 2.24) is 19.9 Å². The predicted molar refractivity (Wildman–Crippen MR) is 137 cm³/mol. The number of anilines is 1. The van der Waals surface area contributed by atoms with Crippen LogP contribution in [-0.2, 0) is 14.8 Å². The van der Waals surface area contributed by atoms with Crippen LogP contribution in [0.4, 0.5) is 5.82 Å². The molecule has 0 bridgehead atoms. The average molecular weight is 526 g/mol. The fraction of sp³-hybridized carbons (Fsp3) is 0.625. The molecule has 0 aromatic carbocycles. The monoisotopic (exact) mass is 525 g/mol. The van der Waals surface area contributed by atoms with Crippen LogP contribution in [-0.4, -0.2) is 67.9 Å². The lowest BCUT2D eigenvalue weighted by Gasteiger charge is -2.44. The third-order valence-electron chi connectivity index (χ3n) is 6.74. The number of hydrogen-bond acceptors (Lipinski definition) is 8. The maximum absolute atomic E-state index is 11.8. The predicted octanol–water partition coefficient (Wildman–Crippen LogP) is 2.63. The van der Waals surface area contributed by atoms with E-state index in [9.17, 15) is 13.5 Å². The molecule has 1 saturated carbocycles. The van der Waals surface area contributed by atoms with Crippen molar-refractivity contribution in [2.24, 2.45) is 11.3 Å². The van der Waals surface area contributed by atoms with Crippen LogP contribution in [0.1, 0.15) is 39.5 Å². The van der Waals surface area contributed by atoms with Crippen LogP contribution in [0.5, 0.6) is 0 Å². The van der Waals surface area contributed by atoms with Gasteiger partial charge in [-0.25, -0.2) is 13.4 Å². The van der Waals surface area contributed by atoms with Crippen molar-refractivity contribution in [3.63, 3.8) is 0 Å². The first-order chi connectivity index (χ1) is 16.6. The lowest BCUT2D eigenvalue weighted by Crippen LogP contribution is -2.53. The molecule has 1 aromatic heterocycles. The summed E-state index contributed by atoms with van der Waals surface area (Å²) >= 11 is 6.04. The van der Waals surface area contributed by atoms with E-state index in [-0.39, 0.29) is 6.17 Å². The number of aliphatic hydroxyl groups excluding tert-OH is 1. The number of hydrogen-bond donors (Lipinski definition) is 4. The summed E-state index contributed by atoms with van der Waals surface area (Å²) in [5.74, 6) is 1.11. The molecule has 11 heteroatoms. The summed E-state index contributed by atoms with van der Waals surface area (Å²) in [4.78, 5) is 6.87. The highest BCUT2D eigenvalue weighted by Crippen LogP contribution is 2.54. The summed E-state index contributed by atoms with van der Waals surface area (Å²) in [6.45, 7) is 6.78. The zero-order valence-corrected chi connectivity index (χ0v) is 22.1. The summed E-state index contributed by atoms with van der Waals surface area (Å²) in [6, 6.07) is 3.96. The quantitative estimate of drug-likeness (QED) is 0.345. The molecule has 9 nitrogen and oxygen atoms in total. The molecule has 1 aromatic rings. The van der Waals surface area contributed by atoms with Gasteiger partial charge < -0.3 is 25.4 Å². The van der Waals surface area contributed by atoms with Crippen LogP contribution in [0, 0.1) is 11.3 Å². The van der Waals surface area contributed by atoms with E-state index in [0.29, 0.717) is 35.6 Å². The Morgan fingerprint density at radius 2 is 2.00 bits per heavy atom. The fourth-order valence-corrected chi connectivity index (χ4v) is 5.57. The molecule has 2 atom stereocenters. The molecule has 1 aliphatic carbocycles. The number of aliphatic hydroxyl groups is 1. The third-order valence-corrected chi connectivity index (χ3v) is 7.61. The molecule has 2 aliphatic heterocycles. The van der Waals surface area contributed by atoms with Gasteiger partial charge in [-0.2, -0.15) is 4.72 Å². The normalized spacial score (nSPS) is 23.2. The van der Waals surface area contributed by atoms with Crippen LogP contribution in [0.2, 0.25) is 5.02 Å². The first-order valence-corrected chi connectivity index (χ1v) is 14.4. The second kappa shape index (κ2) is 10.6. The molecular formula is C24H36ClN5O4S. The molecule has 3 heterocycles. The standard InChI is InChI=1S/C24H36ClN5O4S/c1-16(2)15-30(18-8-12-34-13-9-18)19-5-6-20(24(10-11-24)23(31)29-35(3,32)33)27-22(19)28-21-7-4-17(25)14-26-21/h4-7,14,16,18,22-23,27,29,31H,8-13,15H2,1-3H3,(H,26,28). The summed E-state index contributed by atoms with van der Waals surface area (Å²) in [6.07, 6.45) is 8.46. The number of aromatic nitrogens is 1. The molecule has 194 valence electrons. The summed E-state index contributed by atoms with van der Waals surface area (Å²) < 4.78 is 31.5. The van der Waals surface area contributed by atoms with E-state index in [2.05, 4.69) is 45.2 Å². The van der Waals surface area contributed by atoms with Crippen LogP contribution >= 0.6 is 11.6 Å². The van der Waals surface area contributed by atoms with E-state index < -0.39 is 21.7 Å². The van der Waals surface area contributed by atoms with Gasteiger partial charge >= 0.3 is 0 Å². The Balaban J connectivity index is 1.67. The summed E-state index contributed by atoms with van der Waals surface area (Å²) in [7, 11) is -3.55. The van der Waals surface area contributed by atoms with E-state index >= 15 is 0 Å². The molecule has 1 saturated heterocycles. The lowest BCUT2D eigenvalue weighted by atomic mass is 9.95. The SMILES string of the molecule is CC(C)CN(C1=CC=C(C2(C(O)NS(C)(=O)=O)CC2)NC1Nc1ccc(Cl)cn1)C1CCOCC1. The van der Waals surface area contributed by atoms with Gasteiger partial charge in [0.15, 0.2) is 0 Å². The molecule has 4 N–H and O–H groups in total. The van der Waals surface area contributed by atoms with Gasteiger partial charge in [-0.1, -0.05) is 25.4 Å². The molecule has 2 unspecified atom stereocenters. The van der Waals surface area contributed by atoms with Gasteiger partial charge in [0.1, 0.15) is 18.2 Å². The molecular weight excluding hydrogens is 490 g/mol. The van der Waals surface area contributed by atoms with Crippen molar-refractivity contribution in [2.45, 2.75) is 58.0 Å². The average Bonchev–Trinajstić information content (AvgIpc) is 3.61. The second-order valence-corrected chi connectivity index (χ2v) is 12.3. The van der Waals surface area contributed by atoms with Crippen LogP contribution in [0.25, 0.3) is 0 Å². The Bertz CT molecular complexity index is 1050. The lowest BCUT2D eigenvalue weighted by molar-refractivity contribution is 0.0397. The highest BCUT2D eigenvalue weighted by molar-refractivity contribution is 7.88. The molecule has 35 heavy (non-hydrogen) atoms. The van der Waals surface area contributed by atoms with Gasteiger partial charge in [0.25, 0.3) is 0 Å². The van der Waals surface area contributed by atoms with Crippen molar-refractivity contribution in [1.29, 1.82) is 0 Å². The van der Waals surface area contributed by atoms with Gasteiger partial charge in [0.05, 0.1) is 22.4 Å². The number of sulfonamides is 1. The van der Waals surface area contributed by atoms with Crippen molar-refractivity contribution in [3.8, 4) is 0 Å². The van der Waals surface area contributed by atoms with Gasteiger partial charge in [0.2, 0.25) is 10.0 Å². The number of rotatable bonds is 10. The largest absolute Gasteiger partial charge is 0.381 e. The van der Waals surface area contributed by atoms with Crippen molar-refractivity contribution in [3.05, 3.63) is 46.9 Å². The van der Waals surface area contributed by atoms with Crippen LogP contribution in [0.3, 0.4) is 0 Å². The molecule has 3 aliphatic rings. The molecule has 0 spiro atoms. The Labute approximate surface area is 213 Å². The maximum Gasteiger partial charge on any atom is 0.210 e. The zero-order valence-electron chi connectivity index (χ0n) is 20.5. The number of halogens is 1. The smallest absolute Gasteiger partial charge is 0.210 e. The molecule has 4 rings (SSSR count). The Hall–Kier alpha value is -1.85. The molecule has 0 amide bonds. The second-order valence-electron chi connectivity index (χ2n) is 10.1. The van der Waals surface area contributed by atoms with Crippen molar-refractivity contribution >= 4 is 27.4 Å². The number of allylic oxidation sites excluding steroid dienone is 2. The van der Waals surface area contributed by atoms with Gasteiger partial charge in [-0.05, 0) is 55.9 Å². The number of ether oxygens (including phenoxy) is 1. The van der Waals surface area contributed by atoms with E-state index in [4.69, 9.17) is 16.3 Å². The number of dihydropyridines is 1. The maximum atomic E-state index is 11.8. The minimum absolute atomic E-state index is 0.326. The fourth-order valence-electron chi connectivity index (χ4n) is 4.83. The molecule has 2 fully saturated rings. The number of pyridine rings is 1.